The van der Waals surface area contributed by atoms with Crippen LogP contribution in [0.15, 0.2) is 18.3 Å². The van der Waals surface area contributed by atoms with E-state index in [0.29, 0.717) is 78.3 Å². The molecule has 242 valence electrons. The van der Waals surface area contributed by atoms with Crippen LogP contribution < -0.4 is 9.47 Å². The van der Waals surface area contributed by atoms with E-state index in [4.69, 9.17) is 28.4 Å². The lowest BCUT2D eigenvalue weighted by Gasteiger charge is -2.23. The van der Waals surface area contributed by atoms with Crippen LogP contribution in [0.1, 0.15) is 81.1 Å². The van der Waals surface area contributed by atoms with Crippen molar-refractivity contribution in [3.63, 3.8) is 0 Å². The molecule has 0 atom stereocenters. The van der Waals surface area contributed by atoms with Gasteiger partial charge in [0, 0.05) is 58.7 Å². The molecule has 1 aromatic rings. The molecule has 11 heteroatoms. The fraction of sp³-hybridized carbons (Fsp3) is 0.774. The van der Waals surface area contributed by atoms with Crippen molar-refractivity contribution in [2.24, 2.45) is 0 Å². The van der Waals surface area contributed by atoms with E-state index in [0.717, 1.165) is 0 Å². The molecule has 0 spiro atoms. The molecule has 0 aliphatic heterocycles. The second-order valence-electron chi connectivity index (χ2n) is 11.1. The molecule has 11 nitrogen and oxygen atoms in total. The molecular weight excluding hydrogens is 542 g/mol. The largest absolute Gasteiger partial charge is 0.416 e. The summed E-state index contributed by atoms with van der Waals surface area (Å²) in [6.07, 6.45) is 3.67. The zero-order chi connectivity index (χ0) is 31.3. The van der Waals surface area contributed by atoms with Gasteiger partial charge < -0.3 is 38.2 Å². The molecule has 1 heterocycles. The summed E-state index contributed by atoms with van der Waals surface area (Å²) in [5.74, 6) is 0.380. The SMILES string of the molecule is CC(C)OCCCN(CCCOC(C)C)C(=O)Oc1ccc(OC(=O)N(CCCOC(C)C)CCCOC(C)C)nc1. The van der Waals surface area contributed by atoms with Crippen molar-refractivity contribution >= 4 is 12.2 Å². The number of aromatic nitrogens is 1. The van der Waals surface area contributed by atoms with Crippen molar-refractivity contribution in [1.82, 2.24) is 14.8 Å². The van der Waals surface area contributed by atoms with E-state index in [2.05, 4.69) is 4.98 Å². The molecule has 0 aliphatic carbocycles. The minimum absolute atomic E-state index is 0.121. The van der Waals surface area contributed by atoms with Crippen LogP contribution in [0.3, 0.4) is 0 Å². The van der Waals surface area contributed by atoms with Gasteiger partial charge in [-0.1, -0.05) is 0 Å². The Labute approximate surface area is 253 Å². The van der Waals surface area contributed by atoms with Gasteiger partial charge in [-0.25, -0.2) is 14.6 Å². The summed E-state index contributed by atoms with van der Waals surface area (Å²) in [5, 5.41) is 0. The number of pyridine rings is 1. The molecular formula is C31H55N3O8. The maximum atomic E-state index is 12.9. The smallest absolute Gasteiger partial charge is 0.409 e. The summed E-state index contributed by atoms with van der Waals surface area (Å²) in [5.41, 5.74) is 0. The highest BCUT2D eigenvalue weighted by Gasteiger charge is 2.19. The molecule has 42 heavy (non-hydrogen) atoms. The lowest BCUT2D eigenvalue weighted by molar-refractivity contribution is 0.0613. The van der Waals surface area contributed by atoms with Crippen molar-refractivity contribution in [1.29, 1.82) is 0 Å². The van der Waals surface area contributed by atoms with Crippen LogP contribution in [-0.4, -0.2) is 104 Å². The topological polar surface area (TPSA) is 109 Å². The Bertz CT molecular complexity index is 748. The standard InChI is InChI=1S/C31H55N3O8/c1-24(2)37-19-9-15-33(16-10-20-38-25(3)4)30(35)41-28-13-14-29(32-23-28)42-31(36)34(17-11-21-39-26(5)6)18-12-22-40-27(7)8/h13-14,23-27H,9-12,15-22H2,1-8H3. The highest BCUT2D eigenvalue weighted by molar-refractivity contribution is 5.71. The first-order chi connectivity index (χ1) is 20.0. The summed E-state index contributed by atoms with van der Waals surface area (Å²) >= 11 is 0. The number of carbonyl (C=O) groups excluding carboxylic acids is 2. The highest BCUT2D eigenvalue weighted by atomic mass is 16.6. The summed E-state index contributed by atoms with van der Waals surface area (Å²) < 4.78 is 33.5. The molecule has 1 rings (SSSR count). The molecule has 0 aromatic carbocycles. The number of amides is 2. The van der Waals surface area contributed by atoms with E-state index in [1.807, 2.05) is 55.4 Å². The Hall–Kier alpha value is -2.47. The van der Waals surface area contributed by atoms with Gasteiger partial charge in [0.2, 0.25) is 5.88 Å². The number of carbonyl (C=O) groups is 2. The van der Waals surface area contributed by atoms with E-state index < -0.39 is 12.2 Å². The molecule has 2 amide bonds. The Morgan fingerprint density at radius 3 is 1.26 bits per heavy atom. The zero-order valence-corrected chi connectivity index (χ0v) is 27.1. The van der Waals surface area contributed by atoms with Gasteiger partial charge in [0.05, 0.1) is 30.6 Å². The van der Waals surface area contributed by atoms with Gasteiger partial charge in [0.1, 0.15) is 0 Å². The first-order valence-electron chi connectivity index (χ1n) is 15.3. The van der Waals surface area contributed by atoms with Crippen LogP contribution in [0.4, 0.5) is 9.59 Å². The van der Waals surface area contributed by atoms with Crippen molar-refractivity contribution < 1.29 is 38.0 Å². The Kier molecular flexibility index (Phi) is 19.8. The van der Waals surface area contributed by atoms with E-state index in [-0.39, 0.29) is 36.0 Å². The number of rotatable bonds is 22. The van der Waals surface area contributed by atoms with Gasteiger partial charge in [-0.15, -0.1) is 0 Å². The van der Waals surface area contributed by atoms with Gasteiger partial charge in [0.25, 0.3) is 0 Å². The minimum Gasteiger partial charge on any atom is -0.409 e. The molecule has 0 saturated heterocycles. The molecule has 0 bridgehead atoms. The zero-order valence-electron chi connectivity index (χ0n) is 27.1. The fourth-order valence-electron chi connectivity index (χ4n) is 3.69. The van der Waals surface area contributed by atoms with Crippen LogP contribution in [0.2, 0.25) is 0 Å². The quantitative estimate of drug-likeness (QED) is 0.150. The number of nitrogens with zero attached hydrogens (tertiary/aromatic N) is 3. The molecule has 0 radical (unpaired) electrons. The van der Waals surface area contributed by atoms with E-state index in [9.17, 15) is 9.59 Å². The van der Waals surface area contributed by atoms with E-state index >= 15 is 0 Å². The average molecular weight is 598 g/mol. The number of ether oxygens (including phenoxy) is 6. The predicted octanol–water partition coefficient (Wildman–Crippen LogP) is 5.94. The van der Waals surface area contributed by atoms with Crippen LogP contribution in [-0.2, 0) is 18.9 Å². The second-order valence-corrected chi connectivity index (χ2v) is 11.1. The van der Waals surface area contributed by atoms with E-state index in [1.54, 1.807) is 15.9 Å². The molecule has 0 saturated carbocycles. The molecule has 0 N–H and O–H groups in total. The van der Waals surface area contributed by atoms with Crippen molar-refractivity contribution in [3.8, 4) is 11.6 Å². The Morgan fingerprint density at radius 2 is 0.952 bits per heavy atom. The Balaban J connectivity index is 2.72. The van der Waals surface area contributed by atoms with Crippen molar-refractivity contribution in [2.45, 2.75) is 105 Å². The summed E-state index contributed by atoms with van der Waals surface area (Å²) in [7, 11) is 0. The summed E-state index contributed by atoms with van der Waals surface area (Å²) in [6, 6.07) is 3.08. The minimum atomic E-state index is -0.500. The normalized spacial score (nSPS) is 11.5. The van der Waals surface area contributed by atoms with Crippen LogP contribution >= 0.6 is 0 Å². The lowest BCUT2D eigenvalue weighted by atomic mass is 10.3. The maximum absolute atomic E-state index is 12.9. The second kappa shape index (κ2) is 22.1. The molecule has 0 fully saturated rings. The maximum Gasteiger partial charge on any atom is 0.416 e. The first-order valence-corrected chi connectivity index (χ1v) is 15.3. The summed E-state index contributed by atoms with van der Waals surface area (Å²) in [6.45, 7) is 20.0. The van der Waals surface area contributed by atoms with Gasteiger partial charge in [-0.2, -0.15) is 0 Å². The predicted molar refractivity (Wildman–Crippen MR) is 162 cm³/mol. The average Bonchev–Trinajstić information content (AvgIpc) is 2.91. The van der Waals surface area contributed by atoms with E-state index in [1.165, 1.54) is 12.3 Å². The monoisotopic (exact) mass is 597 g/mol. The third-order valence-electron chi connectivity index (χ3n) is 5.72. The third-order valence-corrected chi connectivity index (χ3v) is 5.72. The third kappa shape index (κ3) is 18.9. The van der Waals surface area contributed by atoms with Gasteiger partial charge >= 0.3 is 12.2 Å². The Morgan fingerprint density at radius 1 is 0.595 bits per heavy atom. The van der Waals surface area contributed by atoms with Crippen LogP contribution in [0.5, 0.6) is 11.6 Å². The highest BCUT2D eigenvalue weighted by Crippen LogP contribution is 2.16. The molecule has 0 aliphatic rings. The van der Waals surface area contributed by atoms with Gasteiger partial charge in [-0.05, 0) is 87.1 Å². The van der Waals surface area contributed by atoms with Crippen molar-refractivity contribution in [3.05, 3.63) is 18.3 Å². The van der Waals surface area contributed by atoms with Crippen LogP contribution in [0.25, 0.3) is 0 Å². The molecule has 1 aromatic heterocycles. The van der Waals surface area contributed by atoms with Crippen LogP contribution in [0, 0.1) is 0 Å². The number of hydrogen-bond acceptors (Lipinski definition) is 9. The van der Waals surface area contributed by atoms with Gasteiger partial charge in [0.15, 0.2) is 5.75 Å². The van der Waals surface area contributed by atoms with Crippen molar-refractivity contribution in [2.75, 3.05) is 52.6 Å². The van der Waals surface area contributed by atoms with Gasteiger partial charge in [-0.3, -0.25) is 0 Å². The molecule has 0 unspecified atom stereocenters. The fourth-order valence-corrected chi connectivity index (χ4v) is 3.69. The lowest BCUT2D eigenvalue weighted by Crippen LogP contribution is -2.36. The number of hydrogen-bond donors (Lipinski definition) is 0. The first kappa shape index (κ1) is 37.6. The summed E-state index contributed by atoms with van der Waals surface area (Å²) in [4.78, 5) is 33.3.